The molecule has 0 fully saturated rings. The summed E-state index contributed by atoms with van der Waals surface area (Å²) in [5.74, 6) is -0.878. The number of rotatable bonds is 5. The Morgan fingerprint density at radius 2 is 1.62 bits per heavy atom. The van der Waals surface area contributed by atoms with E-state index >= 15 is 0 Å². The van der Waals surface area contributed by atoms with Crippen molar-refractivity contribution in [1.29, 1.82) is 0 Å². The van der Waals surface area contributed by atoms with Gasteiger partial charge >= 0.3 is 0 Å². The molecule has 0 rings (SSSR count). The van der Waals surface area contributed by atoms with Gasteiger partial charge in [-0.2, -0.15) is 0 Å². The molecule has 5 nitrogen and oxygen atoms in total. The van der Waals surface area contributed by atoms with Crippen molar-refractivity contribution in [2.24, 2.45) is 5.92 Å². The highest BCUT2D eigenvalue weighted by Crippen LogP contribution is 2.02. The lowest BCUT2D eigenvalue weighted by Crippen LogP contribution is -2.11. The zero-order valence-corrected chi connectivity index (χ0v) is 7.81. The monoisotopic (exact) mass is 194 g/mol. The summed E-state index contributed by atoms with van der Waals surface area (Å²) in [6.07, 6.45) is 1.36. The van der Waals surface area contributed by atoms with Gasteiger partial charge in [0.2, 0.25) is 0 Å². The molecule has 0 saturated heterocycles. The largest absolute Gasteiger partial charge is 0.481 e. The van der Waals surface area contributed by atoms with Gasteiger partial charge in [-0.25, -0.2) is 0 Å². The van der Waals surface area contributed by atoms with E-state index < -0.39 is 5.97 Å². The lowest BCUT2D eigenvalue weighted by Gasteiger charge is -2.07. The maximum Gasteiger partial charge on any atom is 0.300 e. The Kier molecular flexibility index (Phi) is 13.0. The van der Waals surface area contributed by atoms with E-state index in [0.717, 1.165) is 6.92 Å². The number of carbonyl (C=O) groups is 1. The van der Waals surface area contributed by atoms with E-state index in [1.807, 2.05) is 0 Å². The minimum Gasteiger partial charge on any atom is -0.481 e. The highest BCUT2D eigenvalue weighted by molar-refractivity contribution is 5.62. The van der Waals surface area contributed by atoms with E-state index in [1.165, 1.54) is 0 Å². The third kappa shape index (κ3) is 18.4. The highest BCUT2D eigenvalue weighted by Gasteiger charge is 2.03. The summed E-state index contributed by atoms with van der Waals surface area (Å²) in [4.78, 5) is 9.00. The van der Waals surface area contributed by atoms with Crippen molar-refractivity contribution in [3.05, 3.63) is 0 Å². The predicted octanol–water partition coefficient (Wildman–Crippen LogP) is -0.549. The number of hydrogen-bond donors (Lipinski definition) is 4. The first-order valence-corrected chi connectivity index (χ1v) is 4.10. The van der Waals surface area contributed by atoms with Crippen LogP contribution in [0.5, 0.6) is 0 Å². The molecule has 0 aromatic rings. The molecule has 0 atom stereocenters. The van der Waals surface area contributed by atoms with Gasteiger partial charge in [-0.05, 0) is 12.8 Å². The van der Waals surface area contributed by atoms with Gasteiger partial charge in [0, 0.05) is 32.7 Å². The molecule has 0 aromatic carbocycles. The minimum atomic E-state index is -0.833. The van der Waals surface area contributed by atoms with E-state index in [0.29, 0.717) is 12.8 Å². The molecule has 0 aliphatic carbocycles. The summed E-state index contributed by atoms with van der Waals surface area (Å²) in [7, 11) is 0. The molecule has 5 heteroatoms. The van der Waals surface area contributed by atoms with Crippen LogP contribution in [0.1, 0.15) is 19.8 Å². The molecule has 0 aromatic heterocycles. The number of hydrogen-bond acceptors (Lipinski definition) is 4. The van der Waals surface area contributed by atoms with Crippen LogP contribution in [0.25, 0.3) is 0 Å². The van der Waals surface area contributed by atoms with E-state index in [9.17, 15) is 0 Å². The molecule has 0 unspecified atom stereocenters. The van der Waals surface area contributed by atoms with Gasteiger partial charge < -0.3 is 20.4 Å². The van der Waals surface area contributed by atoms with Gasteiger partial charge in [-0.3, -0.25) is 4.79 Å². The van der Waals surface area contributed by atoms with Crippen molar-refractivity contribution >= 4 is 5.97 Å². The normalized spacial score (nSPS) is 9.31. The van der Waals surface area contributed by atoms with Crippen LogP contribution in [-0.2, 0) is 4.79 Å². The second-order valence-corrected chi connectivity index (χ2v) is 2.62. The Morgan fingerprint density at radius 3 is 1.85 bits per heavy atom. The van der Waals surface area contributed by atoms with Crippen LogP contribution in [-0.4, -0.2) is 46.2 Å². The average molecular weight is 194 g/mol. The Bertz CT molecular complexity index is 107. The van der Waals surface area contributed by atoms with Gasteiger partial charge in [-0.15, -0.1) is 0 Å². The lowest BCUT2D eigenvalue weighted by molar-refractivity contribution is -0.134. The summed E-state index contributed by atoms with van der Waals surface area (Å²) in [6, 6.07) is 0. The SMILES string of the molecule is CC(=O)O.OCCCC(CO)CO. The summed E-state index contributed by atoms with van der Waals surface area (Å²) in [5.41, 5.74) is 0. The highest BCUT2D eigenvalue weighted by atomic mass is 16.4. The second kappa shape index (κ2) is 11.4. The Labute approximate surface area is 77.6 Å². The predicted molar refractivity (Wildman–Crippen MR) is 47.3 cm³/mol. The van der Waals surface area contributed by atoms with Gasteiger partial charge in [0.1, 0.15) is 0 Å². The van der Waals surface area contributed by atoms with E-state index in [-0.39, 0.29) is 25.7 Å². The van der Waals surface area contributed by atoms with Crippen molar-refractivity contribution in [3.8, 4) is 0 Å². The molecule has 0 amide bonds. The lowest BCUT2D eigenvalue weighted by atomic mass is 10.1. The van der Waals surface area contributed by atoms with Gasteiger partial charge in [0.15, 0.2) is 0 Å². The number of aliphatic hydroxyl groups is 3. The molecule has 0 saturated carbocycles. The zero-order chi connectivity index (χ0) is 10.7. The van der Waals surface area contributed by atoms with Crippen molar-refractivity contribution in [2.45, 2.75) is 19.8 Å². The number of carboxylic acid groups (broad SMARTS) is 1. The third-order valence-electron chi connectivity index (χ3n) is 1.29. The fourth-order valence-corrected chi connectivity index (χ4v) is 0.620. The third-order valence-corrected chi connectivity index (χ3v) is 1.29. The quantitative estimate of drug-likeness (QED) is 0.471. The van der Waals surface area contributed by atoms with Crippen LogP contribution in [0, 0.1) is 5.92 Å². The summed E-state index contributed by atoms with van der Waals surface area (Å²) in [6.45, 7) is 1.24. The Balaban J connectivity index is 0. The minimum absolute atomic E-state index is 0.0104. The van der Waals surface area contributed by atoms with Crippen molar-refractivity contribution in [3.63, 3.8) is 0 Å². The summed E-state index contributed by atoms with van der Waals surface area (Å²) < 4.78 is 0. The van der Waals surface area contributed by atoms with Gasteiger partial charge in [0.05, 0.1) is 0 Å². The molecule has 0 spiro atoms. The van der Waals surface area contributed by atoms with Crippen LogP contribution in [0.15, 0.2) is 0 Å². The molecule has 0 bridgehead atoms. The van der Waals surface area contributed by atoms with Crippen LogP contribution in [0.2, 0.25) is 0 Å². The molecule has 0 aliphatic heterocycles. The fraction of sp³-hybridized carbons (Fsp3) is 0.875. The van der Waals surface area contributed by atoms with Crippen molar-refractivity contribution in [1.82, 2.24) is 0 Å². The standard InChI is InChI=1S/C6H14O3.C2H4O2/c7-3-1-2-6(4-8)5-9;1-2(3)4/h6-9H,1-5H2;1H3,(H,3,4). The zero-order valence-electron chi connectivity index (χ0n) is 7.81. The van der Waals surface area contributed by atoms with Crippen LogP contribution < -0.4 is 0 Å². The fourth-order valence-electron chi connectivity index (χ4n) is 0.620. The first-order chi connectivity index (χ1) is 6.08. The maximum absolute atomic E-state index is 9.00. The van der Waals surface area contributed by atoms with E-state index in [4.69, 9.17) is 25.2 Å². The van der Waals surface area contributed by atoms with Crippen molar-refractivity contribution < 1.29 is 25.2 Å². The van der Waals surface area contributed by atoms with Crippen LogP contribution in [0.3, 0.4) is 0 Å². The molecule has 0 radical (unpaired) electrons. The second-order valence-electron chi connectivity index (χ2n) is 2.62. The Hall–Kier alpha value is -0.650. The van der Waals surface area contributed by atoms with E-state index in [2.05, 4.69) is 0 Å². The first-order valence-electron chi connectivity index (χ1n) is 4.10. The van der Waals surface area contributed by atoms with E-state index in [1.54, 1.807) is 0 Å². The number of aliphatic carboxylic acids is 1. The number of aliphatic hydroxyl groups excluding tert-OH is 3. The average Bonchev–Trinajstić information content (AvgIpc) is 2.06. The number of carboxylic acids is 1. The van der Waals surface area contributed by atoms with Crippen molar-refractivity contribution in [2.75, 3.05) is 19.8 Å². The molecule has 0 heterocycles. The van der Waals surface area contributed by atoms with Crippen LogP contribution >= 0.6 is 0 Å². The molecular formula is C8H18O5. The molecular weight excluding hydrogens is 176 g/mol. The Morgan fingerprint density at radius 1 is 1.23 bits per heavy atom. The van der Waals surface area contributed by atoms with Gasteiger partial charge in [0.25, 0.3) is 5.97 Å². The van der Waals surface area contributed by atoms with Gasteiger partial charge in [-0.1, -0.05) is 0 Å². The smallest absolute Gasteiger partial charge is 0.300 e. The molecule has 80 valence electrons. The maximum atomic E-state index is 9.00. The summed E-state index contributed by atoms with van der Waals surface area (Å²) >= 11 is 0. The molecule has 0 aliphatic rings. The molecule has 4 N–H and O–H groups in total. The first kappa shape index (κ1) is 14.9. The topological polar surface area (TPSA) is 98.0 Å². The molecule has 13 heavy (non-hydrogen) atoms. The van der Waals surface area contributed by atoms with Crippen LogP contribution in [0.4, 0.5) is 0 Å². The summed E-state index contributed by atoms with van der Waals surface area (Å²) in [5, 5.41) is 32.8.